The van der Waals surface area contributed by atoms with Gasteiger partial charge in [0.1, 0.15) is 5.82 Å². The molecule has 4 rings (SSSR count). The number of rotatable bonds is 3. The van der Waals surface area contributed by atoms with E-state index in [1.165, 1.54) is 19.3 Å². The molecule has 0 spiro atoms. The van der Waals surface area contributed by atoms with Crippen molar-refractivity contribution in [2.45, 2.75) is 57.7 Å². The Morgan fingerprint density at radius 1 is 1.22 bits per heavy atom. The number of aromatic nitrogens is 3. The first-order chi connectivity index (χ1) is 10.2. The Morgan fingerprint density at radius 2 is 2.00 bits per heavy atom. The summed E-state index contributed by atoms with van der Waals surface area (Å²) < 4.78 is 2.16. The Bertz CT molecular complexity index is 562. The zero-order chi connectivity index (χ0) is 14.4. The van der Waals surface area contributed by atoms with E-state index >= 15 is 0 Å². The Morgan fingerprint density at radius 3 is 2.74 bits per heavy atom. The van der Waals surface area contributed by atoms with Crippen molar-refractivity contribution < 1.29 is 4.79 Å². The molecule has 0 aromatic carbocycles. The number of nitrogens with one attached hydrogen (secondary N) is 1. The van der Waals surface area contributed by atoms with Crippen molar-refractivity contribution in [1.29, 1.82) is 0 Å². The lowest BCUT2D eigenvalue weighted by molar-refractivity contribution is -0.127. The van der Waals surface area contributed by atoms with Crippen molar-refractivity contribution in [2.75, 3.05) is 0 Å². The first-order valence-electron chi connectivity index (χ1n) is 8.18. The van der Waals surface area contributed by atoms with Gasteiger partial charge in [0.2, 0.25) is 5.91 Å². The minimum absolute atomic E-state index is 0. The van der Waals surface area contributed by atoms with Crippen LogP contribution in [0.3, 0.4) is 0 Å². The second-order valence-electron chi connectivity index (χ2n) is 6.80. The van der Waals surface area contributed by atoms with Gasteiger partial charge in [-0.3, -0.25) is 4.79 Å². The van der Waals surface area contributed by atoms with Crippen molar-refractivity contribution >= 4 is 30.7 Å². The zero-order valence-corrected chi connectivity index (χ0v) is 14.7. The molecule has 1 aromatic heterocycles. The standard InChI is InChI=1S/C15H23N5O.2ClH/c16-14-10-5-4-9(7-10)13(14)15(21)17-8-12-19-18-11-3-1-2-6-20(11)12;;/h9-10,13-14H,1-8,16H2,(H,17,21);2*1H. The van der Waals surface area contributed by atoms with Crippen LogP contribution in [0.15, 0.2) is 0 Å². The number of amides is 1. The van der Waals surface area contributed by atoms with Crippen LogP contribution in [0.5, 0.6) is 0 Å². The molecule has 3 aliphatic rings. The van der Waals surface area contributed by atoms with Gasteiger partial charge in [-0.25, -0.2) is 0 Å². The molecule has 4 unspecified atom stereocenters. The van der Waals surface area contributed by atoms with Gasteiger partial charge in [0.25, 0.3) is 0 Å². The predicted molar refractivity (Wildman–Crippen MR) is 91.6 cm³/mol. The Kier molecular flexibility index (Phi) is 5.92. The van der Waals surface area contributed by atoms with Gasteiger partial charge >= 0.3 is 0 Å². The molecule has 2 fully saturated rings. The third kappa shape index (κ3) is 3.21. The molecule has 0 radical (unpaired) electrons. The van der Waals surface area contributed by atoms with Crippen LogP contribution in [0, 0.1) is 17.8 Å². The number of fused-ring (bicyclic) bond motifs is 3. The van der Waals surface area contributed by atoms with E-state index < -0.39 is 0 Å². The second kappa shape index (κ2) is 7.36. The van der Waals surface area contributed by atoms with Crippen molar-refractivity contribution in [3.8, 4) is 0 Å². The van der Waals surface area contributed by atoms with Crippen LogP contribution >= 0.6 is 24.8 Å². The van der Waals surface area contributed by atoms with Gasteiger partial charge < -0.3 is 15.6 Å². The highest BCUT2D eigenvalue weighted by molar-refractivity contribution is 5.85. The quantitative estimate of drug-likeness (QED) is 0.852. The van der Waals surface area contributed by atoms with E-state index in [9.17, 15) is 4.79 Å². The van der Waals surface area contributed by atoms with Gasteiger partial charge in [-0.05, 0) is 43.9 Å². The first kappa shape index (κ1) is 18.5. The van der Waals surface area contributed by atoms with E-state index in [-0.39, 0.29) is 42.7 Å². The molecule has 1 aromatic rings. The fourth-order valence-corrected chi connectivity index (χ4v) is 4.51. The van der Waals surface area contributed by atoms with E-state index in [0.717, 1.165) is 37.5 Å². The van der Waals surface area contributed by atoms with Crippen molar-refractivity contribution in [3.05, 3.63) is 11.6 Å². The van der Waals surface area contributed by atoms with Crippen LogP contribution in [0.2, 0.25) is 0 Å². The lowest BCUT2D eigenvalue weighted by Gasteiger charge is -2.27. The monoisotopic (exact) mass is 361 g/mol. The van der Waals surface area contributed by atoms with Gasteiger partial charge in [0.15, 0.2) is 5.82 Å². The van der Waals surface area contributed by atoms with E-state index in [2.05, 4.69) is 20.1 Å². The molecule has 23 heavy (non-hydrogen) atoms. The summed E-state index contributed by atoms with van der Waals surface area (Å²) in [5, 5.41) is 11.5. The summed E-state index contributed by atoms with van der Waals surface area (Å²) in [6.45, 7) is 1.45. The molecule has 6 nitrogen and oxygen atoms in total. The molecule has 2 bridgehead atoms. The maximum Gasteiger partial charge on any atom is 0.225 e. The number of hydrogen-bond acceptors (Lipinski definition) is 4. The maximum absolute atomic E-state index is 12.5. The van der Waals surface area contributed by atoms with Gasteiger partial charge in [-0.15, -0.1) is 35.0 Å². The van der Waals surface area contributed by atoms with Gasteiger partial charge in [-0.1, -0.05) is 0 Å². The average molecular weight is 362 g/mol. The molecular weight excluding hydrogens is 337 g/mol. The summed E-state index contributed by atoms with van der Waals surface area (Å²) in [5.41, 5.74) is 6.23. The average Bonchev–Trinajstić information content (AvgIpc) is 3.19. The third-order valence-electron chi connectivity index (χ3n) is 5.64. The van der Waals surface area contributed by atoms with Crippen LogP contribution in [0.25, 0.3) is 0 Å². The van der Waals surface area contributed by atoms with Gasteiger partial charge in [-0.2, -0.15) is 0 Å². The molecule has 2 heterocycles. The van der Waals surface area contributed by atoms with Crippen LogP contribution in [0.4, 0.5) is 0 Å². The van der Waals surface area contributed by atoms with Gasteiger partial charge in [0, 0.05) is 19.0 Å². The molecule has 2 saturated carbocycles. The maximum atomic E-state index is 12.5. The number of carbonyl (C=O) groups excluding carboxylic acids is 1. The molecular formula is C15H25Cl2N5O. The Hall–Kier alpha value is -0.850. The zero-order valence-electron chi connectivity index (χ0n) is 13.1. The molecule has 0 saturated heterocycles. The number of aryl methyl sites for hydroxylation is 1. The first-order valence-corrected chi connectivity index (χ1v) is 8.18. The van der Waals surface area contributed by atoms with Crippen molar-refractivity contribution in [2.24, 2.45) is 23.5 Å². The highest BCUT2D eigenvalue weighted by Gasteiger charge is 2.48. The molecule has 8 heteroatoms. The normalized spacial score (nSPS) is 31.0. The second-order valence-corrected chi connectivity index (χ2v) is 6.80. The summed E-state index contributed by atoms with van der Waals surface area (Å²) >= 11 is 0. The summed E-state index contributed by atoms with van der Waals surface area (Å²) in [7, 11) is 0. The fourth-order valence-electron chi connectivity index (χ4n) is 4.51. The summed E-state index contributed by atoms with van der Waals surface area (Å²) in [5.74, 6) is 3.12. The van der Waals surface area contributed by atoms with Gasteiger partial charge in [0.05, 0.1) is 12.5 Å². The predicted octanol–water partition coefficient (Wildman–Crippen LogP) is 1.45. The highest BCUT2D eigenvalue weighted by Crippen LogP contribution is 2.47. The number of nitrogens with two attached hydrogens (primary N) is 1. The van der Waals surface area contributed by atoms with Crippen LogP contribution in [-0.2, 0) is 24.3 Å². The van der Waals surface area contributed by atoms with Crippen LogP contribution in [0.1, 0.15) is 43.8 Å². The molecule has 130 valence electrons. The van der Waals surface area contributed by atoms with E-state index in [1.807, 2.05) is 0 Å². The SMILES string of the molecule is Cl.Cl.NC1C2CCC(C2)C1C(=O)NCc1nnc2n1CCCC2. The Labute approximate surface area is 148 Å². The number of carbonyl (C=O) groups is 1. The molecule has 2 aliphatic carbocycles. The molecule has 1 amide bonds. The van der Waals surface area contributed by atoms with Crippen LogP contribution in [-0.4, -0.2) is 26.7 Å². The van der Waals surface area contributed by atoms with E-state index in [4.69, 9.17) is 5.73 Å². The lowest BCUT2D eigenvalue weighted by Crippen LogP contribution is -2.45. The van der Waals surface area contributed by atoms with E-state index in [0.29, 0.717) is 18.4 Å². The number of nitrogens with zero attached hydrogens (tertiary/aromatic N) is 3. The summed E-state index contributed by atoms with van der Waals surface area (Å²) in [6.07, 6.45) is 6.86. The minimum Gasteiger partial charge on any atom is -0.348 e. The van der Waals surface area contributed by atoms with Crippen molar-refractivity contribution in [3.63, 3.8) is 0 Å². The number of halogens is 2. The van der Waals surface area contributed by atoms with Crippen LogP contribution < -0.4 is 11.1 Å². The summed E-state index contributed by atoms with van der Waals surface area (Å²) in [6, 6.07) is 0.0519. The van der Waals surface area contributed by atoms with E-state index in [1.54, 1.807) is 0 Å². The summed E-state index contributed by atoms with van der Waals surface area (Å²) in [4.78, 5) is 12.5. The van der Waals surface area contributed by atoms with Crippen molar-refractivity contribution in [1.82, 2.24) is 20.1 Å². The minimum atomic E-state index is 0. The third-order valence-corrected chi connectivity index (χ3v) is 5.64. The number of hydrogen-bond donors (Lipinski definition) is 2. The molecule has 1 aliphatic heterocycles. The molecule has 3 N–H and O–H groups in total. The lowest BCUT2D eigenvalue weighted by atomic mass is 9.84. The fraction of sp³-hybridized carbons (Fsp3) is 0.800. The topological polar surface area (TPSA) is 85.8 Å². The highest BCUT2D eigenvalue weighted by atomic mass is 35.5. The smallest absolute Gasteiger partial charge is 0.225 e. The molecule has 4 atom stereocenters. The largest absolute Gasteiger partial charge is 0.348 e. The Balaban J connectivity index is 0.000000960.